The third kappa shape index (κ3) is 2.33. The van der Waals surface area contributed by atoms with E-state index in [1.807, 2.05) is 0 Å². The van der Waals surface area contributed by atoms with Crippen LogP contribution in [-0.2, 0) is 5.54 Å². The molecule has 1 aliphatic rings. The van der Waals surface area contributed by atoms with Crippen LogP contribution in [0.4, 0.5) is 0 Å². The van der Waals surface area contributed by atoms with Crippen LogP contribution in [0.15, 0.2) is 28.7 Å². The van der Waals surface area contributed by atoms with Crippen LogP contribution in [0.1, 0.15) is 44.6 Å². The fourth-order valence-corrected chi connectivity index (χ4v) is 3.49. The summed E-state index contributed by atoms with van der Waals surface area (Å²) in [6, 6.07) is 8.66. The second kappa shape index (κ2) is 5.33. The molecular formula is C14H20BrN. The van der Waals surface area contributed by atoms with Gasteiger partial charge in [-0.1, -0.05) is 53.9 Å². The summed E-state index contributed by atoms with van der Waals surface area (Å²) in [5.74, 6) is 0. The highest BCUT2D eigenvalue weighted by molar-refractivity contribution is 9.10. The molecule has 1 N–H and O–H groups in total. The van der Waals surface area contributed by atoms with Gasteiger partial charge in [0.1, 0.15) is 0 Å². The van der Waals surface area contributed by atoms with Crippen molar-refractivity contribution in [3.63, 3.8) is 0 Å². The minimum atomic E-state index is 0.215. The van der Waals surface area contributed by atoms with Crippen LogP contribution in [0, 0.1) is 0 Å². The van der Waals surface area contributed by atoms with E-state index in [-0.39, 0.29) is 5.54 Å². The third-order valence-electron chi connectivity index (χ3n) is 3.56. The van der Waals surface area contributed by atoms with Crippen molar-refractivity contribution >= 4 is 15.9 Å². The van der Waals surface area contributed by atoms with Gasteiger partial charge in [0.05, 0.1) is 0 Å². The van der Waals surface area contributed by atoms with Crippen LogP contribution in [-0.4, -0.2) is 6.54 Å². The maximum atomic E-state index is 3.76. The van der Waals surface area contributed by atoms with Crippen molar-refractivity contribution in [2.45, 2.75) is 44.6 Å². The Kier molecular flexibility index (Phi) is 4.04. The van der Waals surface area contributed by atoms with Crippen molar-refractivity contribution in [3.05, 3.63) is 34.3 Å². The van der Waals surface area contributed by atoms with Gasteiger partial charge in [-0.3, -0.25) is 0 Å². The molecule has 0 aliphatic carbocycles. The molecular weight excluding hydrogens is 262 g/mol. The van der Waals surface area contributed by atoms with Crippen LogP contribution >= 0.6 is 15.9 Å². The largest absolute Gasteiger partial charge is 0.307 e. The third-order valence-corrected chi connectivity index (χ3v) is 4.25. The number of halogens is 1. The normalized spacial score (nSPS) is 25.6. The zero-order valence-electron chi connectivity index (χ0n) is 9.93. The topological polar surface area (TPSA) is 12.0 Å². The van der Waals surface area contributed by atoms with E-state index in [2.05, 4.69) is 52.4 Å². The summed E-state index contributed by atoms with van der Waals surface area (Å²) in [6.45, 7) is 3.43. The van der Waals surface area contributed by atoms with Gasteiger partial charge in [0.25, 0.3) is 0 Å². The highest BCUT2D eigenvalue weighted by Gasteiger charge is 2.33. The highest BCUT2D eigenvalue weighted by Crippen LogP contribution is 2.38. The molecule has 1 unspecified atom stereocenters. The molecule has 2 heteroatoms. The van der Waals surface area contributed by atoms with E-state index in [4.69, 9.17) is 0 Å². The minimum Gasteiger partial charge on any atom is -0.307 e. The zero-order valence-corrected chi connectivity index (χ0v) is 11.5. The zero-order chi connectivity index (χ0) is 11.4. The smallest absolute Gasteiger partial charge is 0.0445 e. The van der Waals surface area contributed by atoms with Crippen molar-refractivity contribution in [1.29, 1.82) is 0 Å². The quantitative estimate of drug-likeness (QED) is 0.875. The Morgan fingerprint density at radius 1 is 1.31 bits per heavy atom. The molecule has 1 aromatic rings. The lowest BCUT2D eigenvalue weighted by Crippen LogP contribution is -2.46. The Labute approximate surface area is 107 Å². The fraction of sp³-hybridized carbons (Fsp3) is 0.571. The molecule has 1 atom stereocenters. The van der Waals surface area contributed by atoms with Crippen LogP contribution in [0.25, 0.3) is 0 Å². The lowest BCUT2D eigenvalue weighted by Gasteiger charge is -2.39. The van der Waals surface area contributed by atoms with Crippen LogP contribution < -0.4 is 5.32 Å². The van der Waals surface area contributed by atoms with Gasteiger partial charge in [0.2, 0.25) is 0 Å². The summed E-state index contributed by atoms with van der Waals surface area (Å²) in [6.07, 6.45) is 6.39. The van der Waals surface area contributed by atoms with Crippen molar-refractivity contribution in [3.8, 4) is 0 Å². The van der Waals surface area contributed by atoms with Crippen LogP contribution in [0.2, 0.25) is 0 Å². The molecule has 1 fully saturated rings. The lowest BCUT2D eigenvalue weighted by molar-refractivity contribution is 0.236. The molecule has 16 heavy (non-hydrogen) atoms. The van der Waals surface area contributed by atoms with Crippen LogP contribution in [0.3, 0.4) is 0 Å². The van der Waals surface area contributed by atoms with Crippen LogP contribution in [0.5, 0.6) is 0 Å². The Hall–Kier alpha value is -0.340. The summed E-state index contributed by atoms with van der Waals surface area (Å²) < 4.78 is 1.25. The Balaban J connectivity index is 2.34. The summed E-state index contributed by atoms with van der Waals surface area (Å²) in [5, 5.41) is 3.76. The molecule has 0 bridgehead atoms. The first-order chi connectivity index (χ1) is 7.78. The molecule has 1 saturated heterocycles. The average Bonchev–Trinajstić information content (AvgIpc) is 2.31. The van der Waals surface area contributed by atoms with E-state index in [0.29, 0.717) is 0 Å². The Morgan fingerprint density at radius 2 is 2.12 bits per heavy atom. The van der Waals surface area contributed by atoms with E-state index >= 15 is 0 Å². The molecule has 1 aromatic carbocycles. The van der Waals surface area contributed by atoms with Gasteiger partial charge >= 0.3 is 0 Å². The monoisotopic (exact) mass is 281 g/mol. The van der Waals surface area contributed by atoms with E-state index in [1.54, 1.807) is 0 Å². The number of benzene rings is 1. The van der Waals surface area contributed by atoms with Gasteiger partial charge in [0.15, 0.2) is 0 Å². The molecule has 0 spiro atoms. The van der Waals surface area contributed by atoms with E-state index in [0.717, 1.165) is 6.54 Å². The van der Waals surface area contributed by atoms with E-state index in [9.17, 15) is 0 Å². The number of piperidine rings is 1. The van der Waals surface area contributed by atoms with Crippen molar-refractivity contribution in [2.75, 3.05) is 6.54 Å². The van der Waals surface area contributed by atoms with Gasteiger partial charge in [-0.15, -0.1) is 0 Å². The predicted octanol–water partition coefficient (Wildman–Crippen LogP) is 4.22. The molecule has 0 amide bonds. The van der Waals surface area contributed by atoms with Gasteiger partial charge in [-0.2, -0.15) is 0 Å². The second-order valence-electron chi connectivity index (χ2n) is 4.70. The maximum absolute atomic E-state index is 3.76. The minimum absolute atomic E-state index is 0.215. The van der Waals surface area contributed by atoms with Gasteiger partial charge in [0, 0.05) is 10.0 Å². The van der Waals surface area contributed by atoms with Gasteiger partial charge < -0.3 is 5.32 Å². The van der Waals surface area contributed by atoms with E-state index < -0.39 is 0 Å². The lowest BCUT2D eigenvalue weighted by atomic mass is 9.79. The maximum Gasteiger partial charge on any atom is 0.0445 e. The van der Waals surface area contributed by atoms with Crippen molar-refractivity contribution < 1.29 is 0 Å². The summed E-state index contributed by atoms with van der Waals surface area (Å²) >= 11 is 3.70. The molecule has 2 rings (SSSR count). The fourth-order valence-electron chi connectivity index (χ4n) is 2.82. The van der Waals surface area contributed by atoms with Crippen molar-refractivity contribution in [2.24, 2.45) is 0 Å². The molecule has 88 valence electrons. The highest BCUT2D eigenvalue weighted by atomic mass is 79.9. The summed E-state index contributed by atoms with van der Waals surface area (Å²) in [5.41, 5.74) is 1.66. The van der Waals surface area contributed by atoms with E-state index in [1.165, 1.54) is 42.1 Å². The number of rotatable bonds is 3. The molecule has 1 heterocycles. The molecule has 1 aliphatic heterocycles. The Bertz CT molecular complexity index is 337. The molecule has 0 radical (unpaired) electrons. The first-order valence-electron chi connectivity index (χ1n) is 6.28. The molecule has 0 aromatic heterocycles. The molecule has 0 saturated carbocycles. The summed E-state index contributed by atoms with van der Waals surface area (Å²) in [4.78, 5) is 0. The number of hydrogen-bond acceptors (Lipinski definition) is 1. The van der Waals surface area contributed by atoms with Gasteiger partial charge in [-0.25, -0.2) is 0 Å². The van der Waals surface area contributed by atoms with Crippen molar-refractivity contribution in [1.82, 2.24) is 5.32 Å². The van der Waals surface area contributed by atoms with Gasteiger partial charge in [-0.05, 0) is 37.4 Å². The molecule has 1 nitrogen and oxygen atoms in total. The second-order valence-corrected chi connectivity index (χ2v) is 5.55. The summed E-state index contributed by atoms with van der Waals surface area (Å²) in [7, 11) is 0. The first kappa shape index (κ1) is 12.1. The SMILES string of the molecule is CCCC1(c2ccccc2Br)CCCCN1. The average molecular weight is 282 g/mol. The predicted molar refractivity (Wildman–Crippen MR) is 72.6 cm³/mol. The number of hydrogen-bond donors (Lipinski definition) is 1. The first-order valence-corrected chi connectivity index (χ1v) is 7.08. The number of nitrogens with one attached hydrogen (secondary N) is 1. The standard InChI is InChI=1S/C14H20BrN/c1-2-9-14(10-5-6-11-16-14)12-7-3-4-8-13(12)15/h3-4,7-8,16H,2,5-6,9-11H2,1H3. The Morgan fingerprint density at radius 3 is 2.75 bits per heavy atom.